The van der Waals surface area contributed by atoms with E-state index in [4.69, 9.17) is 13.9 Å². The Balaban J connectivity index is 1.50. The maximum Gasteiger partial charge on any atom is 0.255 e. The van der Waals surface area contributed by atoms with Gasteiger partial charge < -0.3 is 19.2 Å². The number of ether oxygens (including phenoxy) is 2. The van der Waals surface area contributed by atoms with E-state index in [0.717, 1.165) is 5.56 Å². The van der Waals surface area contributed by atoms with Crippen molar-refractivity contribution in [3.63, 3.8) is 0 Å². The van der Waals surface area contributed by atoms with Crippen LogP contribution in [0.4, 0.5) is 5.69 Å². The van der Waals surface area contributed by atoms with Crippen LogP contribution in [-0.2, 0) is 6.61 Å². The van der Waals surface area contributed by atoms with Gasteiger partial charge >= 0.3 is 0 Å². The molecule has 7 heteroatoms. The molecule has 4 aromatic rings. The number of nitrogens with zero attached hydrogens (tertiary/aromatic N) is 2. The van der Waals surface area contributed by atoms with Crippen molar-refractivity contribution in [1.82, 2.24) is 9.97 Å². The van der Waals surface area contributed by atoms with Crippen molar-refractivity contribution in [3.8, 4) is 11.5 Å². The van der Waals surface area contributed by atoms with Crippen molar-refractivity contribution in [3.05, 3.63) is 77.9 Å². The van der Waals surface area contributed by atoms with Crippen molar-refractivity contribution in [2.24, 2.45) is 0 Å². The number of hydrogen-bond acceptors (Lipinski definition) is 6. The minimum Gasteiger partial charge on any atom is -0.490 e. The molecule has 32 heavy (non-hydrogen) atoms. The van der Waals surface area contributed by atoms with E-state index in [1.54, 1.807) is 42.7 Å². The van der Waals surface area contributed by atoms with E-state index in [9.17, 15) is 4.79 Å². The van der Waals surface area contributed by atoms with Gasteiger partial charge in [0.15, 0.2) is 23.0 Å². The Bertz CT molecular complexity index is 1220. The summed E-state index contributed by atoms with van der Waals surface area (Å²) in [5.74, 6) is 1.69. The molecule has 0 spiro atoms. The van der Waals surface area contributed by atoms with E-state index in [2.05, 4.69) is 15.3 Å². The summed E-state index contributed by atoms with van der Waals surface area (Å²) in [4.78, 5) is 21.4. The number of carbonyl (C=O) groups is 1. The van der Waals surface area contributed by atoms with Crippen molar-refractivity contribution < 1.29 is 18.7 Å². The van der Waals surface area contributed by atoms with Crippen molar-refractivity contribution in [2.75, 3.05) is 11.9 Å². The fourth-order valence-corrected chi connectivity index (χ4v) is 3.15. The van der Waals surface area contributed by atoms with E-state index in [-0.39, 0.29) is 11.8 Å². The number of benzene rings is 2. The summed E-state index contributed by atoms with van der Waals surface area (Å²) >= 11 is 0. The number of anilines is 1. The molecule has 0 aliphatic rings. The number of fused-ring (bicyclic) bond motifs is 1. The summed E-state index contributed by atoms with van der Waals surface area (Å²) in [5.41, 5.74) is 3.45. The Morgan fingerprint density at radius 1 is 1.09 bits per heavy atom. The lowest BCUT2D eigenvalue weighted by molar-refractivity contribution is 0.102. The maximum atomic E-state index is 12.9. The van der Waals surface area contributed by atoms with Crippen LogP contribution >= 0.6 is 0 Å². The molecule has 2 aromatic carbocycles. The van der Waals surface area contributed by atoms with E-state index >= 15 is 0 Å². The van der Waals surface area contributed by atoms with Crippen LogP contribution in [0, 0.1) is 0 Å². The number of aromatic nitrogens is 2. The highest BCUT2D eigenvalue weighted by Crippen LogP contribution is 2.30. The van der Waals surface area contributed by atoms with Crippen molar-refractivity contribution in [2.45, 2.75) is 33.3 Å². The third-order valence-electron chi connectivity index (χ3n) is 4.78. The molecule has 0 atom stereocenters. The Hall–Kier alpha value is -3.87. The van der Waals surface area contributed by atoms with Crippen LogP contribution in [0.25, 0.3) is 11.1 Å². The number of rotatable bonds is 8. The first-order valence-electron chi connectivity index (χ1n) is 10.5. The normalized spacial score (nSPS) is 11.0. The Kier molecular flexibility index (Phi) is 6.35. The lowest BCUT2D eigenvalue weighted by atomic mass is 10.1. The largest absolute Gasteiger partial charge is 0.490 e. The third-order valence-corrected chi connectivity index (χ3v) is 4.78. The Labute approximate surface area is 186 Å². The van der Waals surface area contributed by atoms with Crippen LogP contribution in [-0.4, -0.2) is 22.5 Å². The Morgan fingerprint density at radius 3 is 2.72 bits per heavy atom. The van der Waals surface area contributed by atoms with Gasteiger partial charge in [-0.25, -0.2) is 4.98 Å². The van der Waals surface area contributed by atoms with Crippen LogP contribution in [0.5, 0.6) is 11.5 Å². The van der Waals surface area contributed by atoms with E-state index in [0.29, 0.717) is 53.0 Å². The number of hydrogen-bond donors (Lipinski definition) is 1. The fourth-order valence-electron chi connectivity index (χ4n) is 3.15. The van der Waals surface area contributed by atoms with Crippen LogP contribution in [0.3, 0.4) is 0 Å². The molecule has 1 N–H and O–H groups in total. The van der Waals surface area contributed by atoms with Crippen LogP contribution in [0.15, 0.2) is 65.3 Å². The number of amides is 1. The molecule has 164 valence electrons. The fraction of sp³-hybridized carbons (Fsp3) is 0.240. The average Bonchev–Trinajstić information content (AvgIpc) is 3.23. The highest BCUT2D eigenvalue weighted by Gasteiger charge is 2.14. The molecule has 2 aromatic heterocycles. The van der Waals surface area contributed by atoms with Gasteiger partial charge in [0, 0.05) is 35.1 Å². The summed E-state index contributed by atoms with van der Waals surface area (Å²) in [7, 11) is 0. The van der Waals surface area contributed by atoms with Crippen LogP contribution in [0.1, 0.15) is 48.5 Å². The summed E-state index contributed by atoms with van der Waals surface area (Å²) in [6.45, 7) is 6.74. The number of nitrogens with one attached hydrogen (secondary N) is 1. The first-order valence-corrected chi connectivity index (χ1v) is 10.5. The summed E-state index contributed by atoms with van der Waals surface area (Å²) < 4.78 is 17.3. The molecule has 0 radical (unpaired) electrons. The molecule has 0 bridgehead atoms. The summed E-state index contributed by atoms with van der Waals surface area (Å²) in [6.07, 6.45) is 3.46. The topological polar surface area (TPSA) is 86.5 Å². The second-order valence-corrected chi connectivity index (χ2v) is 7.59. The average molecular weight is 431 g/mol. The minimum absolute atomic E-state index is 0.191. The highest BCUT2D eigenvalue weighted by atomic mass is 16.5. The second-order valence-electron chi connectivity index (χ2n) is 7.59. The lowest BCUT2D eigenvalue weighted by Crippen LogP contribution is -2.12. The van der Waals surface area contributed by atoms with Gasteiger partial charge in [-0.05, 0) is 49.4 Å². The summed E-state index contributed by atoms with van der Waals surface area (Å²) in [5, 5.41) is 2.91. The van der Waals surface area contributed by atoms with Crippen molar-refractivity contribution >= 4 is 22.7 Å². The standard InChI is InChI=1S/C25H25N3O4/c1-4-30-23-12-18(7-9-22(23)31-15-17-6-5-11-26-14-17)24(29)27-19-8-10-21-20(13-19)28-25(32-21)16(2)3/h5-14,16H,4,15H2,1-3H3,(H,27,29). The number of carbonyl (C=O) groups excluding carboxylic acids is 1. The van der Waals surface area contributed by atoms with Gasteiger partial charge in [0.1, 0.15) is 12.1 Å². The Morgan fingerprint density at radius 2 is 1.97 bits per heavy atom. The van der Waals surface area contributed by atoms with Gasteiger partial charge in [0.25, 0.3) is 5.91 Å². The smallest absolute Gasteiger partial charge is 0.255 e. The van der Waals surface area contributed by atoms with Crippen molar-refractivity contribution in [1.29, 1.82) is 0 Å². The predicted molar refractivity (Wildman–Crippen MR) is 122 cm³/mol. The van der Waals surface area contributed by atoms with Gasteiger partial charge in [-0.15, -0.1) is 0 Å². The first kappa shape index (κ1) is 21.4. The zero-order valence-electron chi connectivity index (χ0n) is 18.3. The zero-order chi connectivity index (χ0) is 22.5. The third kappa shape index (κ3) is 4.88. The molecular weight excluding hydrogens is 406 g/mol. The molecule has 7 nitrogen and oxygen atoms in total. The molecule has 1 amide bonds. The molecular formula is C25H25N3O4. The van der Waals surface area contributed by atoms with Gasteiger partial charge in [-0.2, -0.15) is 0 Å². The zero-order valence-corrected chi connectivity index (χ0v) is 18.3. The molecule has 4 rings (SSSR count). The predicted octanol–water partition coefficient (Wildman–Crippen LogP) is 5.58. The number of pyridine rings is 1. The molecule has 0 fully saturated rings. The van der Waals surface area contributed by atoms with Gasteiger partial charge in [0.2, 0.25) is 0 Å². The molecule has 0 saturated carbocycles. The quantitative estimate of drug-likeness (QED) is 0.392. The van der Waals surface area contributed by atoms with Gasteiger partial charge in [-0.3, -0.25) is 9.78 Å². The molecule has 0 aliphatic carbocycles. The highest BCUT2D eigenvalue weighted by molar-refractivity contribution is 6.05. The van der Waals surface area contributed by atoms with Gasteiger partial charge in [-0.1, -0.05) is 19.9 Å². The summed E-state index contributed by atoms with van der Waals surface area (Å²) in [6, 6.07) is 14.3. The van der Waals surface area contributed by atoms with E-state index < -0.39 is 0 Å². The minimum atomic E-state index is -0.253. The molecule has 0 saturated heterocycles. The molecule has 0 unspecified atom stereocenters. The SMILES string of the molecule is CCOc1cc(C(=O)Nc2ccc3oc(C(C)C)nc3c2)ccc1OCc1cccnc1. The lowest BCUT2D eigenvalue weighted by Gasteiger charge is -2.13. The molecule has 2 heterocycles. The first-order chi connectivity index (χ1) is 15.5. The van der Waals surface area contributed by atoms with E-state index in [1.807, 2.05) is 39.0 Å². The van der Waals surface area contributed by atoms with Crippen LogP contribution in [0.2, 0.25) is 0 Å². The molecule has 0 aliphatic heterocycles. The maximum absolute atomic E-state index is 12.9. The second kappa shape index (κ2) is 9.51. The monoisotopic (exact) mass is 431 g/mol. The van der Waals surface area contributed by atoms with E-state index in [1.165, 1.54) is 0 Å². The number of oxazole rings is 1. The van der Waals surface area contributed by atoms with Crippen LogP contribution < -0.4 is 14.8 Å². The van der Waals surface area contributed by atoms with Gasteiger partial charge in [0.05, 0.1) is 6.61 Å².